The van der Waals surface area contributed by atoms with Crippen molar-refractivity contribution >= 4 is 15.9 Å². The Morgan fingerprint density at radius 1 is 1.54 bits per heavy atom. The van der Waals surface area contributed by atoms with Gasteiger partial charge in [0.15, 0.2) is 0 Å². The number of rotatable bonds is 2. The van der Waals surface area contributed by atoms with Gasteiger partial charge in [-0.1, -0.05) is 6.92 Å². The molecule has 1 aliphatic heterocycles. The molecular weight excluding hydrogens is 192 g/mol. The maximum absolute atomic E-state index is 11.3. The molecule has 0 bridgehead atoms. The third-order valence-electron chi connectivity index (χ3n) is 2.10. The Morgan fingerprint density at radius 3 is 2.54 bits per heavy atom. The Labute approximate surface area is 77.9 Å². The zero-order valence-electron chi connectivity index (χ0n) is 7.70. The first-order valence-electron chi connectivity index (χ1n) is 4.15. The molecule has 0 aliphatic carbocycles. The van der Waals surface area contributed by atoms with E-state index in [1.54, 1.807) is 0 Å². The summed E-state index contributed by atoms with van der Waals surface area (Å²) in [6, 6.07) is -0.366. The fourth-order valence-electron chi connectivity index (χ4n) is 1.43. The van der Waals surface area contributed by atoms with Gasteiger partial charge in [-0.15, -0.1) is 0 Å². The van der Waals surface area contributed by atoms with E-state index in [2.05, 4.69) is 5.32 Å². The monoisotopic (exact) mass is 206 g/mol. The number of hydrogen-bond donors (Lipinski definition) is 2. The lowest BCUT2D eigenvalue weighted by Crippen LogP contribution is -2.45. The van der Waals surface area contributed by atoms with E-state index in [1.807, 2.05) is 11.6 Å². The van der Waals surface area contributed by atoms with Gasteiger partial charge < -0.3 is 5.32 Å². The fourth-order valence-corrected chi connectivity index (χ4v) is 1.92. The average molecular weight is 206 g/mol. The van der Waals surface area contributed by atoms with Crippen LogP contribution in [0.25, 0.3) is 0 Å². The van der Waals surface area contributed by atoms with E-state index in [-0.39, 0.29) is 12.0 Å². The number of amides is 1. The van der Waals surface area contributed by atoms with Crippen LogP contribution in [0.5, 0.6) is 0 Å². The zero-order valence-corrected chi connectivity index (χ0v) is 8.52. The van der Waals surface area contributed by atoms with Crippen molar-refractivity contribution in [2.24, 2.45) is 5.92 Å². The largest absolute Gasteiger partial charge is 0.306 e. The number of nitrogens with one attached hydrogen (secondary N) is 2. The summed E-state index contributed by atoms with van der Waals surface area (Å²) in [6.07, 6.45) is 1.88. The molecule has 0 aromatic carbocycles. The minimum Gasteiger partial charge on any atom is -0.306 e. The molecule has 1 heterocycles. The van der Waals surface area contributed by atoms with Crippen molar-refractivity contribution in [2.45, 2.75) is 19.4 Å². The summed E-state index contributed by atoms with van der Waals surface area (Å²) in [5.74, 6) is -0.255. The van der Waals surface area contributed by atoms with Crippen molar-refractivity contribution in [2.75, 3.05) is 12.8 Å². The van der Waals surface area contributed by atoms with E-state index in [0.717, 1.165) is 19.2 Å². The number of carbonyl (C=O) groups is 1. The summed E-state index contributed by atoms with van der Waals surface area (Å²) in [7, 11) is -3.42. The van der Waals surface area contributed by atoms with Gasteiger partial charge in [0, 0.05) is 0 Å². The molecule has 0 spiro atoms. The molecule has 0 aromatic rings. The van der Waals surface area contributed by atoms with Gasteiger partial charge in [0.1, 0.15) is 0 Å². The van der Waals surface area contributed by atoms with Crippen molar-refractivity contribution in [3.8, 4) is 0 Å². The van der Waals surface area contributed by atoms with Crippen LogP contribution in [0, 0.1) is 5.92 Å². The van der Waals surface area contributed by atoms with Crippen molar-refractivity contribution in [1.29, 1.82) is 0 Å². The van der Waals surface area contributed by atoms with Crippen LogP contribution in [0.1, 0.15) is 13.3 Å². The molecule has 0 saturated carbocycles. The third-order valence-corrected chi connectivity index (χ3v) is 2.67. The Kier molecular flexibility index (Phi) is 2.92. The van der Waals surface area contributed by atoms with Crippen LogP contribution >= 0.6 is 0 Å². The summed E-state index contributed by atoms with van der Waals surface area (Å²) in [5, 5.41) is 2.95. The second-order valence-corrected chi connectivity index (χ2v) is 5.18. The van der Waals surface area contributed by atoms with Crippen LogP contribution in [0.4, 0.5) is 0 Å². The summed E-state index contributed by atoms with van der Waals surface area (Å²) in [6.45, 7) is 2.69. The highest BCUT2D eigenvalue weighted by atomic mass is 32.2. The molecule has 1 fully saturated rings. The first-order valence-corrected chi connectivity index (χ1v) is 6.04. The number of hydrogen-bond acceptors (Lipinski definition) is 4. The predicted octanol–water partition coefficient (Wildman–Crippen LogP) is -0.940. The van der Waals surface area contributed by atoms with Crippen LogP contribution in [-0.4, -0.2) is 33.2 Å². The molecule has 1 amide bonds. The van der Waals surface area contributed by atoms with E-state index in [9.17, 15) is 13.2 Å². The van der Waals surface area contributed by atoms with Gasteiger partial charge in [0.05, 0.1) is 12.3 Å². The molecule has 76 valence electrons. The van der Waals surface area contributed by atoms with E-state index in [1.165, 1.54) is 0 Å². The molecule has 6 heteroatoms. The molecule has 5 nitrogen and oxygen atoms in total. The standard InChI is InChI=1S/C7H14N2O3S/c1-5-3-4-8-6(5)7(10)9-13(2,11)12/h5-6,8H,3-4H2,1-2H3,(H,9,10). The molecule has 0 radical (unpaired) electrons. The lowest BCUT2D eigenvalue weighted by atomic mass is 10.0. The number of carbonyl (C=O) groups excluding carboxylic acids is 1. The molecular formula is C7H14N2O3S. The second kappa shape index (κ2) is 3.63. The Morgan fingerprint density at radius 2 is 2.15 bits per heavy atom. The molecule has 2 atom stereocenters. The molecule has 0 aromatic heterocycles. The van der Waals surface area contributed by atoms with E-state index in [4.69, 9.17) is 0 Å². The van der Waals surface area contributed by atoms with E-state index >= 15 is 0 Å². The van der Waals surface area contributed by atoms with Crippen LogP contribution in [0.15, 0.2) is 0 Å². The van der Waals surface area contributed by atoms with Crippen LogP contribution in [-0.2, 0) is 14.8 Å². The Balaban J connectivity index is 2.58. The average Bonchev–Trinajstić information content (AvgIpc) is 2.30. The van der Waals surface area contributed by atoms with Gasteiger partial charge in [-0.05, 0) is 18.9 Å². The van der Waals surface area contributed by atoms with Gasteiger partial charge in [-0.25, -0.2) is 8.42 Å². The van der Waals surface area contributed by atoms with Gasteiger partial charge in [-0.3, -0.25) is 9.52 Å². The molecule has 1 saturated heterocycles. The minimum absolute atomic E-state index is 0.196. The van der Waals surface area contributed by atoms with Gasteiger partial charge in [-0.2, -0.15) is 0 Å². The minimum atomic E-state index is -3.42. The maximum Gasteiger partial charge on any atom is 0.250 e. The van der Waals surface area contributed by atoms with Crippen LogP contribution in [0.3, 0.4) is 0 Å². The Bertz CT molecular complexity index is 299. The van der Waals surface area contributed by atoms with Crippen molar-refractivity contribution < 1.29 is 13.2 Å². The summed E-state index contributed by atoms with van der Waals surface area (Å²) < 4.78 is 23.5. The van der Waals surface area contributed by atoms with Crippen LogP contribution in [0.2, 0.25) is 0 Å². The van der Waals surface area contributed by atoms with Gasteiger partial charge >= 0.3 is 0 Å². The van der Waals surface area contributed by atoms with Gasteiger partial charge in [0.2, 0.25) is 10.0 Å². The maximum atomic E-state index is 11.3. The predicted molar refractivity (Wildman–Crippen MR) is 48.6 cm³/mol. The van der Waals surface area contributed by atoms with Crippen molar-refractivity contribution in [3.05, 3.63) is 0 Å². The Hall–Kier alpha value is -0.620. The molecule has 1 rings (SSSR count). The smallest absolute Gasteiger partial charge is 0.250 e. The normalized spacial score (nSPS) is 28.8. The van der Waals surface area contributed by atoms with Crippen molar-refractivity contribution in [3.63, 3.8) is 0 Å². The summed E-state index contributed by atoms with van der Waals surface area (Å²) in [4.78, 5) is 11.3. The topological polar surface area (TPSA) is 75.3 Å². The molecule has 1 aliphatic rings. The highest BCUT2D eigenvalue weighted by Gasteiger charge is 2.30. The first kappa shape index (κ1) is 10.5. The van der Waals surface area contributed by atoms with Crippen molar-refractivity contribution in [1.82, 2.24) is 10.0 Å². The first-order chi connectivity index (χ1) is 5.90. The second-order valence-electron chi connectivity index (χ2n) is 3.44. The quantitative estimate of drug-likeness (QED) is 0.611. The highest BCUT2D eigenvalue weighted by molar-refractivity contribution is 7.89. The summed E-state index contributed by atoms with van der Waals surface area (Å²) in [5.41, 5.74) is 0. The molecule has 2 N–H and O–H groups in total. The SMILES string of the molecule is CC1CCNC1C(=O)NS(C)(=O)=O. The van der Waals surface area contributed by atoms with E-state index < -0.39 is 15.9 Å². The van der Waals surface area contributed by atoms with Crippen LogP contribution < -0.4 is 10.0 Å². The highest BCUT2D eigenvalue weighted by Crippen LogP contribution is 2.14. The third kappa shape index (κ3) is 2.96. The molecule has 13 heavy (non-hydrogen) atoms. The lowest BCUT2D eigenvalue weighted by Gasteiger charge is -2.13. The van der Waals surface area contributed by atoms with Gasteiger partial charge in [0.25, 0.3) is 5.91 Å². The zero-order chi connectivity index (χ0) is 10.1. The van der Waals surface area contributed by atoms with E-state index in [0.29, 0.717) is 0 Å². The summed E-state index contributed by atoms with van der Waals surface area (Å²) >= 11 is 0. The molecule has 2 unspecified atom stereocenters. The lowest BCUT2D eigenvalue weighted by molar-refractivity contribution is -0.121. The fraction of sp³-hybridized carbons (Fsp3) is 0.857. The number of sulfonamides is 1.